The molecule has 19 heavy (non-hydrogen) atoms. The van der Waals surface area contributed by atoms with Crippen LogP contribution in [0.3, 0.4) is 0 Å². The molecule has 0 amide bonds. The number of hydrogen-bond acceptors (Lipinski definition) is 4. The molecule has 0 aliphatic heterocycles. The van der Waals surface area contributed by atoms with Crippen LogP contribution in [0.5, 0.6) is 0 Å². The lowest BCUT2D eigenvalue weighted by molar-refractivity contribution is -0.181. The fourth-order valence-electron chi connectivity index (χ4n) is 1.34. The summed E-state index contributed by atoms with van der Waals surface area (Å²) in [6.07, 6.45) is -6.29. The fraction of sp³-hybridized carbons (Fsp3) is 0.625. The first-order valence-corrected chi connectivity index (χ1v) is 6.07. The van der Waals surface area contributed by atoms with Gasteiger partial charge in [-0.05, 0) is 6.42 Å². The van der Waals surface area contributed by atoms with Crippen LogP contribution < -0.4 is 0 Å². The van der Waals surface area contributed by atoms with Gasteiger partial charge in [-0.3, -0.25) is 4.79 Å². The van der Waals surface area contributed by atoms with Crippen molar-refractivity contribution in [2.75, 3.05) is 0 Å². The van der Waals surface area contributed by atoms with E-state index in [0.717, 1.165) is 0 Å². The molecule has 0 saturated carbocycles. The molecule has 0 aromatic rings. The van der Waals surface area contributed by atoms with E-state index in [1.807, 2.05) is 0 Å². The van der Waals surface area contributed by atoms with Gasteiger partial charge in [0.2, 0.25) is 0 Å². The van der Waals surface area contributed by atoms with E-state index in [0.29, 0.717) is 0 Å². The number of carbonyl (C=O) groups is 1. The van der Waals surface area contributed by atoms with Crippen LogP contribution in [0.1, 0.15) is 12.8 Å². The normalized spacial score (nSPS) is 22.1. The number of carbonyl (C=O) groups excluding carboxylic acids is 1. The van der Waals surface area contributed by atoms with E-state index in [2.05, 4.69) is 4.18 Å². The third kappa shape index (κ3) is 3.61. The standard InChI is InChI=1S/C8H6F6O4S/c9-7(10,11)5-2-1-4(3-6(5)15)18-19(16,17)8(12,13)14/h3,5H,1-2H2. The van der Waals surface area contributed by atoms with Crippen LogP contribution in [0.15, 0.2) is 11.8 Å². The van der Waals surface area contributed by atoms with Gasteiger partial charge in [0.15, 0.2) is 5.78 Å². The van der Waals surface area contributed by atoms with E-state index in [9.17, 15) is 39.6 Å². The molecule has 0 saturated heterocycles. The number of rotatable bonds is 2. The van der Waals surface area contributed by atoms with Crippen molar-refractivity contribution in [3.63, 3.8) is 0 Å². The Balaban J connectivity index is 2.89. The highest BCUT2D eigenvalue weighted by atomic mass is 32.2. The molecule has 1 unspecified atom stereocenters. The molecule has 0 aromatic heterocycles. The Kier molecular flexibility index (Phi) is 3.90. The smallest absolute Gasteiger partial charge is 0.380 e. The van der Waals surface area contributed by atoms with Gasteiger partial charge in [0, 0.05) is 12.5 Å². The topological polar surface area (TPSA) is 60.4 Å². The van der Waals surface area contributed by atoms with Gasteiger partial charge >= 0.3 is 21.8 Å². The molecule has 0 aromatic carbocycles. The molecule has 4 nitrogen and oxygen atoms in total. The number of alkyl halides is 6. The second-order valence-corrected chi connectivity index (χ2v) is 5.17. The summed E-state index contributed by atoms with van der Waals surface area (Å²) in [7, 11) is -5.98. The van der Waals surface area contributed by atoms with Crippen molar-refractivity contribution in [2.24, 2.45) is 5.92 Å². The summed E-state index contributed by atoms with van der Waals surface area (Å²) in [5.41, 5.74) is -5.71. The minimum atomic E-state index is -5.98. The van der Waals surface area contributed by atoms with Gasteiger partial charge in [0.1, 0.15) is 11.7 Å². The Morgan fingerprint density at radius 1 is 1.16 bits per heavy atom. The van der Waals surface area contributed by atoms with Crippen LogP contribution in [0.2, 0.25) is 0 Å². The van der Waals surface area contributed by atoms with Gasteiger partial charge in [-0.15, -0.1) is 0 Å². The summed E-state index contributed by atoms with van der Waals surface area (Å²) in [6, 6.07) is 0. The minimum absolute atomic E-state index is 0.130. The molecule has 1 rings (SSSR count). The van der Waals surface area contributed by atoms with E-state index >= 15 is 0 Å². The quantitative estimate of drug-likeness (QED) is 0.446. The van der Waals surface area contributed by atoms with Gasteiger partial charge < -0.3 is 4.18 Å². The van der Waals surface area contributed by atoms with Crippen LogP contribution in [0.4, 0.5) is 26.3 Å². The lowest BCUT2D eigenvalue weighted by atomic mass is 9.92. The highest BCUT2D eigenvalue weighted by Crippen LogP contribution is 2.36. The van der Waals surface area contributed by atoms with Crippen LogP contribution in [-0.4, -0.2) is 25.9 Å². The van der Waals surface area contributed by atoms with Gasteiger partial charge in [0.25, 0.3) is 0 Å². The highest BCUT2D eigenvalue weighted by molar-refractivity contribution is 7.87. The van der Waals surface area contributed by atoms with E-state index < -0.39 is 52.1 Å². The summed E-state index contributed by atoms with van der Waals surface area (Å²) >= 11 is 0. The fourth-order valence-corrected chi connectivity index (χ4v) is 1.85. The summed E-state index contributed by atoms with van der Waals surface area (Å²) in [6.45, 7) is 0. The summed E-state index contributed by atoms with van der Waals surface area (Å²) in [5, 5.41) is 0. The zero-order valence-corrected chi connectivity index (χ0v) is 9.69. The van der Waals surface area contributed by atoms with Crippen molar-refractivity contribution in [1.82, 2.24) is 0 Å². The largest absolute Gasteiger partial charge is 0.534 e. The van der Waals surface area contributed by atoms with Crippen molar-refractivity contribution in [3.8, 4) is 0 Å². The Morgan fingerprint density at radius 3 is 2.05 bits per heavy atom. The molecular weight excluding hydrogens is 306 g/mol. The van der Waals surface area contributed by atoms with Crippen molar-refractivity contribution in [1.29, 1.82) is 0 Å². The average molecular weight is 312 g/mol. The first-order chi connectivity index (χ1) is 8.34. The van der Waals surface area contributed by atoms with Gasteiger partial charge in [-0.1, -0.05) is 0 Å². The zero-order valence-electron chi connectivity index (χ0n) is 8.88. The first kappa shape index (κ1) is 15.8. The summed E-state index contributed by atoms with van der Waals surface area (Å²) in [4.78, 5) is 11.0. The monoisotopic (exact) mass is 312 g/mol. The summed E-state index contributed by atoms with van der Waals surface area (Å²) in [5.74, 6) is -4.85. The number of allylic oxidation sites excluding steroid dienone is 2. The van der Waals surface area contributed by atoms with E-state index in [-0.39, 0.29) is 6.08 Å². The summed E-state index contributed by atoms with van der Waals surface area (Å²) < 4.78 is 97.4. The molecule has 1 aliphatic carbocycles. The second kappa shape index (κ2) is 4.69. The Hall–Kier alpha value is -1.26. The maximum Gasteiger partial charge on any atom is 0.534 e. The molecule has 110 valence electrons. The van der Waals surface area contributed by atoms with E-state index in [1.54, 1.807) is 0 Å². The molecule has 0 N–H and O–H groups in total. The van der Waals surface area contributed by atoms with E-state index in [4.69, 9.17) is 0 Å². The number of halogens is 6. The third-order valence-electron chi connectivity index (χ3n) is 2.22. The van der Waals surface area contributed by atoms with Crippen LogP contribution in [0, 0.1) is 5.92 Å². The van der Waals surface area contributed by atoms with Gasteiger partial charge in [0.05, 0.1) is 0 Å². The molecular formula is C8H6F6O4S. The third-order valence-corrected chi connectivity index (χ3v) is 3.22. The molecule has 11 heteroatoms. The Morgan fingerprint density at radius 2 is 1.68 bits per heavy atom. The number of ketones is 1. The average Bonchev–Trinajstić information content (AvgIpc) is 2.12. The Bertz CT molecular complexity index is 500. The van der Waals surface area contributed by atoms with Crippen LogP contribution in [-0.2, 0) is 19.1 Å². The van der Waals surface area contributed by atoms with Crippen LogP contribution in [0.25, 0.3) is 0 Å². The molecule has 0 fully saturated rings. The predicted octanol–water partition coefficient (Wildman–Crippen LogP) is 2.28. The molecule has 1 aliphatic rings. The molecule has 1 atom stereocenters. The van der Waals surface area contributed by atoms with Crippen molar-refractivity contribution in [2.45, 2.75) is 24.5 Å². The zero-order chi connectivity index (χ0) is 15.1. The lowest BCUT2D eigenvalue weighted by Crippen LogP contribution is -2.33. The number of hydrogen-bond donors (Lipinski definition) is 0. The molecule has 0 spiro atoms. The SMILES string of the molecule is O=C1C=C(OS(=O)(=O)C(F)(F)F)CCC1C(F)(F)F. The molecule has 0 bridgehead atoms. The van der Waals surface area contributed by atoms with E-state index in [1.165, 1.54) is 0 Å². The lowest BCUT2D eigenvalue weighted by Gasteiger charge is -2.22. The maximum atomic E-state index is 12.3. The van der Waals surface area contributed by atoms with Crippen molar-refractivity contribution >= 4 is 15.9 Å². The van der Waals surface area contributed by atoms with Crippen molar-refractivity contribution in [3.05, 3.63) is 11.8 Å². The maximum absolute atomic E-state index is 12.3. The molecule has 0 radical (unpaired) electrons. The van der Waals surface area contributed by atoms with Crippen molar-refractivity contribution < 1.29 is 43.7 Å². The highest BCUT2D eigenvalue weighted by Gasteiger charge is 2.50. The molecule has 0 heterocycles. The second-order valence-electron chi connectivity index (χ2n) is 3.63. The van der Waals surface area contributed by atoms with Gasteiger partial charge in [-0.2, -0.15) is 34.8 Å². The minimum Gasteiger partial charge on any atom is -0.380 e. The first-order valence-electron chi connectivity index (χ1n) is 4.66. The van der Waals surface area contributed by atoms with Crippen LogP contribution >= 0.6 is 0 Å². The van der Waals surface area contributed by atoms with Gasteiger partial charge in [-0.25, -0.2) is 0 Å². The Labute approximate surface area is 103 Å². The predicted molar refractivity (Wildman–Crippen MR) is 47.9 cm³/mol.